The molecule has 9 heavy (non-hydrogen) atoms. The molecule has 0 saturated heterocycles. The van der Waals surface area contributed by atoms with Gasteiger partial charge in [0.25, 0.3) is 0 Å². The molecule has 0 bridgehead atoms. The van der Waals surface area contributed by atoms with E-state index in [-0.39, 0.29) is 5.45 Å². The standard InChI is InChI=1S/C5H12NO2P/c1-2-3-4-5(6)9(7)8/h6-8H,2-4H2,1H3. The van der Waals surface area contributed by atoms with Crippen molar-refractivity contribution >= 4 is 13.8 Å². The van der Waals surface area contributed by atoms with Gasteiger partial charge in [-0.3, -0.25) is 0 Å². The van der Waals surface area contributed by atoms with Crippen molar-refractivity contribution in [3.8, 4) is 0 Å². The molecule has 0 heterocycles. The first-order valence-electron chi connectivity index (χ1n) is 2.93. The summed E-state index contributed by atoms with van der Waals surface area (Å²) in [7, 11) is -2.09. The molecular formula is C5H12NO2P. The summed E-state index contributed by atoms with van der Waals surface area (Å²) >= 11 is 0. The predicted octanol–water partition coefficient (Wildman–Crippen LogP) is 1.45. The number of hydrogen-bond donors (Lipinski definition) is 3. The molecule has 0 saturated carbocycles. The molecule has 0 aromatic rings. The van der Waals surface area contributed by atoms with Gasteiger partial charge in [0.2, 0.25) is 8.38 Å². The van der Waals surface area contributed by atoms with Gasteiger partial charge in [-0.2, -0.15) is 0 Å². The molecule has 3 nitrogen and oxygen atoms in total. The van der Waals surface area contributed by atoms with Crippen LogP contribution in [-0.2, 0) is 0 Å². The Labute approximate surface area is 56.1 Å². The van der Waals surface area contributed by atoms with Crippen molar-refractivity contribution in [1.29, 1.82) is 5.41 Å². The van der Waals surface area contributed by atoms with E-state index in [0.717, 1.165) is 12.8 Å². The van der Waals surface area contributed by atoms with Crippen molar-refractivity contribution in [2.45, 2.75) is 26.2 Å². The van der Waals surface area contributed by atoms with Crippen LogP contribution in [0.5, 0.6) is 0 Å². The van der Waals surface area contributed by atoms with Crippen LogP contribution in [0, 0.1) is 5.41 Å². The zero-order chi connectivity index (χ0) is 7.28. The first kappa shape index (κ1) is 9.02. The molecule has 0 aliphatic heterocycles. The van der Waals surface area contributed by atoms with E-state index < -0.39 is 8.38 Å². The maximum atomic E-state index is 8.44. The fourth-order valence-electron chi connectivity index (χ4n) is 0.444. The number of hydrogen-bond acceptors (Lipinski definition) is 3. The van der Waals surface area contributed by atoms with Gasteiger partial charge in [-0.1, -0.05) is 13.3 Å². The molecule has 0 fully saturated rings. The smallest absolute Gasteiger partial charge is 0.214 e. The molecule has 0 spiro atoms. The lowest BCUT2D eigenvalue weighted by atomic mass is 10.3. The van der Waals surface area contributed by atoms with Crippen LogP contribution in [0.15, 0.2) is 0 Å². The Hall–Kier alpha value is 0.0200. The molecule has 0 aliphatic rings. The van der Waals surface area contributed by atoms with Crippen LogP contribution in [-0.4, -0.2) is 15.2 Å². The summed E-state index contributed by atoms with van der Waals surface area (Å²) in [5.74, 6) is 0. The van der Waals surface area contributed by atoms with E-state index in [1.807, 2.05) is 6.92 Å². The van der Waals surface area contributed by atoms with Crippen LogP contribution in [0.4, 0.5) is 0 Å². The summed E-state index contributed by atoms with van der Waals surface area (Å²) in [5, 5.41) is 6.98. The Morgan fingerprint density at radius 2 is 2.11 bits per heavy atom. The van der Waals surface area contributed by atoms with Crippen molar-refractivity contribution < 1.29 is 9.79 Å². The van der Waals surface area contributed by atoms with E-state index in [9.17, 15) is 0 Å². The van der Waals surface area contributed by atoms with Crippen molar-refractivity contribution in [1.82, 2.24) is 0 Å². The van der Waals surface area contributed by atoms with Crippen LogP contribution in [0.1, 0.15) is 26.2 Å². The Bertz CT molecular complexity index is 95.0. The SMILES string of the molecule is CCCCC(=N)P(O)O. The molecule has 0 rings (SSSR count). The third-order valence-corrected chi connectivity index (χ3v) is 1.72. The summed E-state index contributed by atoms with van der Waals surface area (Å²) in [5.41, 5.74) is 0.0758. The molecule has 54 valence electrons. The molecule has 0 aliphatic carbocycles. The Morgan fingerprint density at radius 3 is 2.44 bits per heavy atom. The van der Waals surface area contributed by atoms with Crippen LogP contribution in [0.2, 0.25) is 0 Å². The van der Waals surface area contributed by atoms with Gasteiger partial charge in [0, 0.05) is 0 Å². The highest BCUT2D eigenvalue weighted by Gasteiger charge is 2.05. The summed E-state index contributed by atoms with van der Waals surface area (Å²) in [6, 6.07) is 0. The van der Waals surface area contributed by atoms with E-state index in [1.54, 1.807) is 0 Å². The van der Waals surface area contributed by atoms with Gasteiger partial charge in [0.05, 0.1) is 5.45 Å². The van der Waals surface area contributed by atoms with Crippen LogP contribution in [0.25, 0.3) is 0 Å². The largest absolute Gasteiger partial charge is 0.346 e. The predicted molar refractivity (Wildman–Crippen MR) is 38.6 cm³/mol. The number of nitrogens with one attached hydrogen (secondary N) is 1. The molecule has 3 N–H and O–H groups in total. The van der Waals surface area contributed by atoms with Gasteiger partial charge in [-0.05, 0) is 12.8 Å². The minimum atomic E-state index is -2.09. The topological polar surface area (TPSA) is 64.3 Å². The minimum Gasteiger partial charge on any atom is -0.346 e. The van der Waals surface area contributed by atoms with Gasteiger partial charge in [-0.15, -0.1) is 0 Å². The Morgan fingerprint density at radius 1 is 1.56 bits per heavy atom. The lowest BCUT2D eigenvalue weighted by Gasteiger charge is -2.01. The van der Waals surface area contributed by atoms with Crippen molar-refractivity contribution in [2.24, 2.45) is 0 Å². The van der Waals surface area contributed by atoms with E-state index in [2.05, 4.69) is 0 Å². The van der Waals surface area contributed by atoms with Crippen LogP contribution < -0.4 is 0 Å². The lowest BCUT2D eigenvalue weighted by Crippen LogP contribution is -1.91. The molecule has 0 radical (unpaired) electrons. The van der Waals surface area contributed by atoms with Crippen molar-refractivity contribution in [3.05, 3.63) is 0 Å². The quantitative estimate of drug-likeness (QED) is 0.418. The second-order valence-corrected chi connectivity index (χ2v) is 2.96. The zero-order valence-corrected chi connectivity index (χ0v) is 6.36. The molecule has 0 aromatic carbocycles. The molecule has 0 unspecified atom stereocenters. The lowest BCUT2D eigenvalue weighted by molar-refractivity contribution is 0.498. The van der Waals surface area contributed by atoms with Gasteiger partial charge < -0.3 is 15.2 Å². The number of rotatable bonds is 4. The summed E-state index contributed by atoms with van der Waals surface area (Å²) in [4.78, 5) is 16.9. The van der Waals surface area contributed by atoms with Crippen molar-refractivity contribution in [3.63, 3.8) is 0 Å². The molecule has 0 amide bonds. The first-order chi connectivity index (χ1) is 4.18. The molecule has 4 heteroatoms. The second-order valence-electron chi connectivity index (χ2n) is 1.84. The molecule has 0 atom stereocenters. The highest BCUT2D eigenvalue weighted by Crippen LogP contribution is 2.26. The van der Waals surface area contributed by atoms with Gasteiger partial charge in [0.1, 0.15) is 0 Å². The number of unbranched alkanes of at least 4 members (excludes halogenated alkanes) is 1. The average molecular weight is 149 g/mol. The van der Waals surface area contributed by atoms with E-state index in [0.29, 0.717) is 6.42 Å². The second kappa shape index (κ2) is 4.86. The summed E-state index contributed by atoms with van der Waals surface area (Å²) in [6.07, 6.45) is 2.39. The zero-order valence-electron chi connectivity index (χ0n) is 5.46. The summed E-state index contributed by atoms with van der Waals surface area (Å²) < 4.78 is 0. The minimum absolute atomic E-state index is 0.0758. The monoisotopic (exact) mass is 149 g/mol. The Balaban J connectivity index is 3.28. The first-order valence-corrected chi connectivity index (χ1v) is 4.18. The van der Waals surface area contributed by atoms with Gasteiger partial charge in [0.15, 0.2) is 0 Å². The third-order valence-electron chi connectivity index (χ3n) is 1.01. The van der Waals surface area contributed by atoms with Crippen LogP contribution >= 0.6 is 8.38 Å². The third kappa shape index (κ3) is 4.52. The van der Waals surface area contributed by atoms with E-state index >= 15 is 0 Å². The van der Waals surface area contributed by atoms with Crippen molar-refractivity contribution in [2.75, 3.05) is 0 Å². The molecule has 0 aromatic heterocycles. The maximum absolute atomic E-state index is 8.44. The van der Waals surface area contributed by atoms with E-state index in [4.69, 9.17) is 15.2 Å². The average Bonchev–Trinajstić information content (AvgIpc) is 1.82. The fourth-order valence-corrected chi connectivity index (χ4v) is 0.802. The highest BCUT2D eigenvalue weighted by molar-refractivity contribution is 7.64. The normalized spacial score (nSPS) is 10.2. The van der Waals surface area contributed by atoms with Gasteiger partial charge >= 0.3 is 0 Å². The maximum Gasteiger partial charge on any atom is 0.214 e. The summed E-state index contributed by atoms with van der Waals surface area (Å²) in [6.45, 7) is 2.00. The highest BCUT2D eigenvalue weighted by atomic mass is 31.2. The van der Waals surface area contributed by atoms with Gasteiger partial charge in [-0.25, -0.2) is 0 Å². The van der Waals surface area contributed by atoms with E-state index in [1.165, 1.54) is 0 Å². The Kier molecular flexibility index (Phi) is 4.87. The molecular weight excluding hydrogens is 137 g/mol. The van der Waals surface area contributed by atoms with Crippen LogP contribution in [0.3, 0.4) is 0 Å². The fraction of sp³-hybridized carbons (Fsp3) is 0.800.